The van der Waals surface area contributed by atoms with E-state index in [1.54, 1.807) is 38.1 Å². The molecule has 1 fully saturated rings. The fraction of sp³-hybridized carbons (Fsp3) is 0.600. The summed E-state index contributed by atoms with van der Waals surface area (Å²) in [5, 5.41) is 3.13. The standard InChI is InChI=1S/C20H29NO4/c1-5-24-20(23)16-9-11-17(12-10-16)25-15(4)19(22)21-18-8-6-7-13(2)14(18)3/h9-15,18H,5-8H2,1-4H3,(H,21,22)/t13-,14-,15+,18+/m0/s1. The molecule has 0 aromatic heterocycles. The lowest BCUT2D eigenvalue weighted by Crippen LogP contribution is -2.48. The second kappa shape index (κ2) is 8.88. The molecule has 1 aromatic rings. The van der Waals surface area contributed by atoms with Gasteiger partial charge in [-0.2, -0.15) is 0 Å². The molecule has 0 radical (unpaired) electrons. The molecule has 1 N–H and O–H groups in total. The minimum absolute atomic E-state index is 0.0968. The molecule has 5 heteroatoms. The third kappa shape index (κ3) is 5.21. The first-order valence-corrected chi connectivity index (χ1v) is 9.16. The Hall–Kier alpha value is -2.04. The van der Waals surface area contributed by atoms with Crippen LogP contribution < -0.4 is 10.1 Å². The van der Waals surface area contributed by atoms with E-state index < -0.39 is 6.10 Å². The molecule has 1 aliphatic carbocycles. The van der Waals surface area contributed by atoms with Gasteiger partial charge < -0.3 is 14.8 Å². The van der Waals surface area contributed by atoms with E-state index in [9.17, 15) is 9.59 Å². The predicted octanol–water partition coefficient (Wildman–Crippen LogP) is 3.57. The quantitative estimate of drug-likeness (QED) is 0.799. The third-order valence-electron chi connectivity index (χ3n) is 5.08. The van der Waals surface area contributed by atoms with Gasteiger partial charge in [0.2, 0.25) is 0 Å². The highest BCUT2D eigenvalue weighted by molar-refractivity contribution is 5.89. The number of benzene rings is 1. The molecule has 1 amide bonds. The van der Waals surface area contributed by atoms with E-state index in [4.69, 9.17) is 9.47 Å². The Labute approximate surface area is 150 Å². The van der Waals surface area contributed by atoms with Crippen LogP contribution >= 0.6 is 0 Å². The van der Waals surface area contributed by atoms with E-state index in [2.05, 4.69) is 19.2 Å². The maximum absolute atomic E-state index is 12.4. The van der Waals surface area contributed by atoms with Gasteiger partial charge in [0.05, 0.1) is 12.2 Å². The fourth-order valence-electron chi connectivity index (χ4n) is 3.23. The van der Waals surface area contributed by atoms with Crippen LogP contribution in [0.15, 0.2) is 24.3 Å². The van der Waals surface area contributed by atoms with Gasteiger partial charge in [0.15, 0.2) is 6.10 Å². The fourth-order valence-corrected chi connectivity index (χ4v) is 3.23. The molecule has 4 atom stereocenters. The van der Waals surface area contributed by atoms with Crippen LogP contribution in [-0.4, -0.2) is 30.6 Å². The summed E-state index contributed by atoms with van der Waals surface area (Å²) in [6.45, 7) is 8.30. The van der Waals surface area contributed by atoms with Crippen LogP contribution in [0.3, 0.4) is 0 Å². The summed E-state index contributed by atoms with van der Waals surface area (Å²) in [5.74, 6) is 1.21. The summed E-state index contributed by atoms with van der Waals surface area (Å²) >= 11 is 0. The number of amides is 1. The molecule has 138 valence electrons. The topological polar surface area (TPSA) is 64.6 Å². The third-order valence-corrected chi connectivity index (χ3v) is 5.08. The van der Waals surface area contributed by atoms with E-state index in [-0.39, 0.29) is 17.9 Å². The number of hydrogen-bond acceptors (Lipinski definition) is 4. The van der Waals surface area contributed by atoms with Crippen molar-refractivity contribution in [2.75, 3.05) is 6.61 Å². The highest BCUT2D eigenvalue weighted by Crippen LogP contribution is 2.29. The number of esters is 1. The maximum Gasteiger partial charge on any atom is 0.338 e. The van der Waals surface area contributed by atoms with Crippen molar-refractivity contribution in [1.29, 1.82) is 0 Å². The second-order valence-electron chi connectivity index (χ2n) is 6.89. The van der Waals surface area contributed by atoms with Crippen LogP contribution in [0.4, 0.5) is 0 Å². The molecule has 0 spiro atoms. The zero-order valence-electron chi connectivity index (χ0n) is 15.6. The van der Waals surface area contributed by atoms with E-state index in [0.29, 0.717) is 29.8 Å². The molecule has 25 heavy (non-hydrogen) atoms. The lowest BCUT2D eigenvalue weighted by Gasteiger charge is -2.35. The normalized spacial score (nSPS) is 24.2. The van der Waals surface area contributed by atoms with Gasteiger partial charge in [0, 0.05) is 6.04 Å². The van der Waals surface area contributed by atoms with Gasteiger partial charge in [-0.1, -0.05) is 26.7 Å². The largest absolute Gasteiger partial charge is 0.481 e. The van der Waals surface area contributed by atoms with Gasteiger partial charge >= 0.3 is 5.97 Å². The average molecular weight is 347 g/mol. The summed E-state index contributed by atoms with van der Waals surface area (Å²) < 4.78 is 10.7. The molecule has 2 rings (SSSR count). The number of hydrogen-bond donors (Lipinski definition) is 1. The Morgan fingerprint density at radius 2 is 1.88 bits per heavy atom. The van der Waals surface area contributed by atoms with Crippen LogP contribution in [0.5, 0.6) is 5.75 Å². The first-order chi connectivity index (χ1) is 11.9. The first kappa shape index (κ1) is 19.3. The molecule has 0 heterocycles. The molecule has 0 aliphatic heterocycles. The second-order valence-corrected chi connectivity index (χ2v) is 6.89. The van der Waals surface area contributed by atoms with Crippen LogP contribution in [0, 0.1) is 11.8 Å². The van der Waals surface area contributed by atoms with Gasteiger partial charge in [-0.15, -0.1) is 0 Å². The monoisotopic (exact) mass is 347 g/mol. The van der Waals surface area contributed by atoms with E-state index in [1.807, 2.05) is 0 Å². The summed E-state index contributed by atoms with van der Waals surface area (Å²) in [6, 6.07) is 6.86. The van der Waals surface area contributed by atoms with Crippen molar-refractivity contribution < 1.29 is 19.1 Å². The van der Waals surface area contributed by atoms with Crippen molar-refractivity contribution in [3.8, 4) is 5.75 Å². The van der Waals surface area contributed by atoms with Gasteiger partial charge in [0.1, 0.15) is 5.75 Å². The maximum atomic E-state index is 12.4. The Morgan fingerprint density at radius 3 is 2.52 bits per heavy atom. The molecule has 0 bridgehead atoms. The summed E-state index contributed by atoms with van der Waals surface area (Å²) in [6.07, 6.45) is 2.82. The van der Waals surface area contributed by atoms with E-state index in [0.717, 1.165) is 12.8 Å². The van der Waals surface area contributed by atoms with Crippen molar-refractivity contribution in [3.05, 3.63) is 29.8 Å². The van der Waals surface area contributed by atoms with E-state index >= 15 is 0 Å². The molecule has 1 saturated carbocycles. The van der Waals surface area contributed by atoms with Crippen molar-refractivity contribution in [1.82, 2.24) is 5.32 Å². The SMILES string of the molecule is CCOC(=O)c1ccc(O[C@H](C)C(=O)N[C@@H]2CCC[C@H](C)[C@@H]2C)cc1. The Bertz CT molecular complexity index is 584. The zero-order valence-corrected chi connectivity index (χ0v) is 15.6. The van der Waals surface area contributed by atoms with Gasteiger partial charge in [-0.3, -0.25) is 4.79 Å². The Morgan fingerprint density at radius 1 is 1.20 bits per heavy atom. The van der Waals surface area contributed by atoms with Crippen molar-refractivity contribution >= 4 is 11.9 Å². The molecular formula is C20H29NO4. The molecule has 5 nitrogen and oxygen atoms in total. The highest BCUT2D eigenvalue weighted by atomic mass is 16.5. The summed E-state index contributed by atoms with van der Waals surface area (Å²) in [4.78, 5) is 24.1. The van der Waals surface area contributed by atoms with Crippen molar-refractivity contribution in [2.24, 2.45) is 11.8 Å². The van der Waals surface area contributed by atoms with Crippen LogP contribution in [0.25, 0.3) is 0 Å². The number of carbonyl (C=O) groups is 2. The number of ether oxygens (including phenoxy) is 2. The number of rotatable bonds is 6. The number of nitrogens with one attached hydrogen (secondary N) is 1. The molecular weight excluding hydrogens is 318 g/mol. The Kier molecular flexibility index (Phi) is 6.85. The van der Waals surface area contributed by atoms with Crippen LogP contribution in [0.1, 0.15) is 57.3 Å². The lowest BCUT2D eigenvalue weighted by atomic mass is 9.78. The lowest BCUT2D eigenvalue weighted by molar-refractivity contribution is -0.128. The van der Waals surface area contributed by atoms with E-state index in [1.165, 1.54) is 6.42 Å². The zero-order chi connectivity index (χ0) is 18.4. The van der Waals surface area contributed by atoms with Crippen LogP contribution in [0.2, 0.25) is 0 Å². The average Bonchev–Trinajstić information content (AvgIpc) is 2.59. The van der Waals surface area contributed by atoms with Gasteiger partial charge in [-0.25, -0.2) is 4.79 Å². The predicted molar refractivity (Wildman–Crippen MR) is 96.6 cm³/mol. The minimum Gasteiger partial charge on any atom is -0.481 e. The minimum atomic E-state index is -0.585. The molecule has 0 saturated heterocycles. The van der Waals surface area contributed by atoms with Crippen molar-refractivity contribution in [2.45, 2.75) is 59.1 Å². The van der Waals surface area contributed by atoms with Crippen molar-refractivity contribution in [3.63, 3.8) is 0 Å². The highest BCUT2D eigenvalue weighted by Gasteiger charge is 2.29. The summed E-state index contributed by atoms with van der Waals surface area (Å²) in [7, 11) is 0. The summed E-state index contributed by atoms with van der Waals surface area (Å²) in [5.41, 5.74) is 0.469. The molecule has 0 unspecified atom stereocenters. The number of carbonyl (C=O) groups excluding carboxylic acids is 2. The Balaban J connectivity index is 1.89. The first-order valence-electron chi connectivity index (χ1n) is 9.16. The van der Waals surface area contributed by atoms with Gasteiger partial charge in [0.25, 0.3) is 5.91 Å². The molecule has 1 aliphatic rings. The van der Waals surface area contributed by atoms with Gasteiger partial charge in [-0.05, 0) is 56.4 Å². The van der Waals surface area contributed by atoms with Crippen LogP contribution in [-0.2, 0) is 9.53 Å². The molecule has 1 aromatic carbocycles. The smallest absolute Gasteiger partial charge is 0.338 e.